The minimum atomic E-state index is -0.272. The maximum Gasteiger partial charge on any atom is 0.271 e. The standard InChI is InChI=1S/C27H24BrN3O2/c1-19-10-11-20(2)31(19)25-14-12-22(13-15-25)27(32)30-29-17-23-7-3-4-9-26(23)33-18-21-6-5-8-24(28)16-21/h3-17H,18H2,1-2H3,(H,30,32)/b29-17+. The molecule has 0 aliphatic carbocycles. The van der Waals surface area contributed by atoms with Gasteiger partial charge in [-0.15, -0.1) is 0 Å². The Morgan fingerprint density at radius 3 is 2.42 bits per heavy atom. The van der Waals surface area contributed by atoms with Crippen LogP contribution in [0.4, 0.5) is 0 Å². The molecule has 0 aliphatic rings. The second kappa shape index (κ2) is 10.3. The van der Waals surface area contributed by atoms with Crippen LogP contribution in [0.2, 0.25) is 0 Å². The number of aromatic nitrogens is 1. The molecule has 4 rings (SSSR count). The summed E-state index contributed by atoms with van der Waals surface area (Å²) in [5, 5.41) is 4.13. The molecular weight excluding hydrogens is 478 g/mol. The highest BCUT2D eigenvalue weighted by molar-refractivity contribution is 9.10. The molecule has 4 aromatic rings. The zero-order valence-electron chi connectivity index (χ0n) is 18.5. The number of ether oxygens (including phenoxy) is 1. The fourth-order valence-electron chi connectivity index (χ4n) is 3.57. The molecule has 0 saturated carbocycles. The Balaban J connectivity index is 1.39. The molecule has 33 heavy (non-hydrogen) atoms. The minimum Gasteiger partial charge on any atom is -0.488 e. The van der Waals surface area contributed by atoms with Crippen molar-refractivity contribution >= 4 is 28.1 Å². The van der Waals surface area contributed by atoms with Crippen molar-refractivity contribution in [2.45, 2.75) is 20.5 Å². The zero-order valence-corrected chi connectivity index (χ0v) is 20.0. The van der Waals surface area contributed by atoms with Crippen LogP contribution in [-0.2, 0) is 6.61 Å². The van der Waals surface area contributed by atoms with Crippen LogP contribution >= 0.6 is 15.9 Å². The first kappa shape index (κ1) is 22.6. The maximum atomic E-state index is 12.5. The maximum absolute atomic E-state index is 12.5. The Hall–Kier alpha value is -3.64. The normalized spacial score (nSPS) is 11.0. The van der Waals surface area contributed by atoms with Crippen LogP contribution in [0.25, 0.3) is 5.69 Å². The molecule has 0 saturated heterocycles. The number of para-hydroxylation sites is 1. The highest BCUT2D eigenvalue weighted by atomic mass is 79.9. The van der Waals surface area contributed by atoms with E-state index in [2.05, 4.69) is 57.0 Å². The number of nitrogens with one attached hydrogen (secondary N) is 1. The van der Waals surface area contributed by atoms with E-state index in [0.717, 1.165) is 32.7 Å². The van der Waals surface area contributed by atoms with Crippen molar-refractivity contribution in [1.29, 1.82) is 0 Å². The average molecular weight is 502 g/mol. The van der Waals surface area contributed by atoms with E-state index < -0.39 is 0 Å². The Bertz CT molecular complexity index is 1270. The molecule has 0 fully saturated rings. The van der Waals surface area contributed by atoms with E-state index >= 15 is 0 Å². The number of benzene rings is 3. The summed E-state index contributed by atoms with van der Waals surface area (Å²) < 4.78 is 9.11. The van der Waals surface area contributed by atoms with Gasteiger partial charge in [-0.05, 0) is 80.1 Å². The minimum absolute atomic E-state index is 0.272. The molecule has 1 amide bonds. The number of hydrogen-bond donors (Lipinski definition) is 1. The van der Waals surface area contributed by atoms with E-state index in [0.29, 0.717) is 17.9 Å². The van der Waals surface area contributed by atoms with Gasteiger partial charge in [0.25, 0.3) is 5.91 Å². The summed E-state index contributed by atoms with van der Waals surface area (Å²) in [4.78, 5) is 12.5. The van der Waals surface area contributed by atoms with Crippen LogP contribution in [-0.4, -0.2) is 16.7 Å². The smallest absolute Gasteiger partial charge is 0.271 e. The summed E-state index contributed by atoms with van der Waals surface area (Å²) in [6, 6.07) is 27.2. The molecule has 0 atom stereocenters. The van der Waals surface area contributed by atoms with Crippen molar-refractivity contribution in [2.75, 3.05) is 0 Å². The fraction of sp³-hybridized carbons (Fsp3) is 0.111. The summed E-state index contributed by atoms with van der Waals surface area (Å²) in [6.07, 6.45) is 1.59. The number of rotatable bonds is 7. The Labute approximate surface area is 201 Å². The van der Waals surface area contributed by atoms with E-state index in [9.17, 15) is 4.79 Å². The van der Waals surface area contributed by atoms with Crippen LogP contribution in [0.15, 0.2) is 94.5 Å². The van der Waals surface area contributed by atoms with Gasteiger partial charge in [0.2, 0.25) is 0 Å². The number of halogens is 1. The number of aryl methyl sites for hydroxylation is 2. The third kappa shape index (κ3) is 5.59. The van der Waals surface area contributed by atoms with Crippen LogP contribution in [0.1, 0.15) is 32.9 Å². The molecule has 0 spiro atoms. The van der Waals surface area contributed by atoms with E-state index in [4.69, 9.17) is 4.74 Å². The highest BCUT2D eigenvalue weighted by Crippen LogP contribution is 2.19. The van der Waals surface area contributed by atoms with Gasteiger partial charge in [0.15, 0.2) is 0 Å². The van der Waals surface area contributed by atoms with E-state index in [1.165, 1.54) is 0 Å². The molecule has 0 unspecified atom stereocenters. The van der Waals surface area contributed by atoms with Gasteiger partial charge in [0.05, 0.1) is 6.21 Å². The Morgan fingerprint density at radius 2 is 1.70 bits per heavy atom. The van der Waals surface area contributed by atoms with Gasteiger partial charge in [-0.2, -0.15) is 5.10 Å². The van der Waals surface area contributed by atoms with Crippen molar-refractivity contribution in [3.63, 3.8) is 0 Å². The summed E-state index contributed by atoms with van der Waals surface area (Å²) in [5.41, 5.74) is 8.28. The highest BCUT2D eigenvalue weighted by Gasteiger charge is 2.08. The molecule has 1 N–H and O–H groups in total. The third-order valence-corrected chi connectivity index (χ3v) is 5.72. The Kier molecular flexibility index (Phi) is 7.05. The molecular formula is C27H24BrN3O2. The van der Waals surface area contributed by atoms with Gasteiger partial charge >= 0.3 is 0 Å². The van der Waals surface area contributed by atoms with Crippen molar-refractivity contribution in [1.82, 2.24) is 9.99 Å². The number of nitrogens with zero attached hydrogens (tertiary/aromatic N) is 2. The molecule has 5 nitrogen and oxygen atoms in total. The second-order valence-electron chi connectivity index (χ2n) is 7.65. The van der Waals surface area contributed by atoms with Crippen LogP contribution in [0, 0.1) is 13.8 Å². The molecule has 1 aromatic heterocycles. The molecule has 0 aliphatic heterocycles. The third-order valence-electron chi connectivity index (χ3n) is 5.23. The number of carbonyl (C=O) groups excluding carboxylic acids is 1. The fourth-order valence-corrected chi connectivity index (χ4v) is 4.02. The number of hydrazone groups is 1. The van der Waals surface area contributed by atoms with Crippen LogP contribution in [0.3, 0.4) is 0 Å². The molecule has 3 aromatic carbocycles. The predicted octanol–water partition coefficient (Wildman–Crippen LogP) is 6.20. The van der Waals surface area contributed by atoms with Gasteiger partial charge in [0.1, 0.15) is 12.4 Å². The van der Waals surface area contributed by atoms with Gasteiger partial charge in [-0.1, -0.05) is 40.2 Å². The molecule has 6 heteroatoms. The molecule has 166 valence electrons. The lowest BCUT2D eigenvalue weighted by molar-refractivity contribution is 0.0955. The SMILES string of the molecule is Cc1ccc(C)n1-c1ccc(C(=O)N/N=C/c2ccccc2OCc2cccc(Br)c2)cc1. The molecule has 0 bridgehead atoms. The van der Waals surface area contributed by atoms with E-state index in [1.54, 1.807) is 18.3 Å². The van der Waals surface area contributed by atoms with Crippen molar-refractivity contribution in [3.05, 3.63) is 117 Å². The lowest BCUT2D eigenvalue weighted by Gasteiger charge is -2.10. The second-order valence-corrected chi connectivity index (χ2v) is 8.57. The number of carbonyl (C=O) groups is 1. The lowest BCUT2D eigenvalue weighted by atomic mass is 10.2. The van der Waals surface area contributed by atoms with E-state index in [1.807, 2.05) is 60.7 Å². The Morgan fingerprint density at radius 1 is 0.970 bits per heavy atom. The summed E-state index contributed by atoms with van der Waals surface area (Å²) >= 11 is 3.47. The summed E-state index contributed by atoms with van der Waals surface area (Å²) in [5.74, 6) is 0.420. The van der Waals surface area contributed by atoms with Crippen molar-refractivity contribution in [2.24, 2.45) is 5.10 Å². The largest absolute Gasteiger partial charge is 0.488 e. The average Bonchev–Trinajstić information content (AvgIpc) is 3.16. The van der Waals surface area contributed by atoms with Crippen molar-refractivity contribution in [3.8, 4) is 11.4 Å². The van der Waals surface area contributed by atoms with Gasteiger partial charge < -0.3 is 9.30 Å². The van der Waals surface area contributed by atoms with E-state index in [-0.39, 0.29) is 5.91 Å². The topological polar surface area (TPSA) is 55.6 Å². The van der Waals surface area contributed by atoms with Gasteiger partial charge in [0, 0.05) is 32.7 Å². The molecule has 1 heterocycles. The number of hydrogen-bond acceptors (Lipinski definition) is 3. The van der Waals surface area contributed by atoms with Gasteiger partial charge in [-0.25, -0.2) is 5.43 Å². The van der Waals surface area contributed by atoms with Gasteiger partial charge in [-0.3, -0.25) is 4.79 Å². The van der Waals surface area contributed by atoms with Crippen LogP contribution < -0.4 is 10.2 Å². The summed E-state index contributed by atoms with van der Waals surface area (Å²) in [6.45, 7) is 4.55. The first-order chi connectivity index (χ1) is 16.0. The zero-order chi connectivity index (χ0) is 23.2. The number of amides is 1. The van der Waals surface area contributed by atoms with Crippen LogP contribution in [0.5, 0.6) is 5.75 Å². The predicted molar refractivity (Wildman–Crippen MR) is 135 cm³/mol. The lowest BCUT2D eigenvalue weighted by Crippen LogP contribution is -2.17. The molecule has 0 radical (unpaired) electrons. The summed E-state index contributed by atoms with van der Waals surface area (Å²) in [7, 11) is 0. The quantitative estimate of drug-likeness (QED) is 0.242. The first-order valence-corrected chi connectivity index (χ1v) is 11.4. The first-order valence-electron chi connectivity index (χ1n) is 10.6. The van der Waals surface area contributed by atoms with Crippen molar-refractivity contribution < 1.29 is 9.53 Å². The monoisotopic (exact) mass is 501 g/mol.